The van der Waals surface area contributed by atoms with E-state index in [1.54, 1.807) is 6.07 Å². The molecule has 0 unspecified atom stereocenters. The highest BCUT2D eigenvalue weighted by molar-refractivity contribution is 5.74. The second-order valence-corrected chi connectivity index (χ2v) is 5.12. The molecule has 1 aromatic carbocycles. The van der Waals surface area contributed by atoms with Crippen molar-refractivity contribution in [2.45, 2.75) is 20.3 Å². The molecule has 0 aliphatic carbocycles. The molecule has 0 aliphatic rings. The maximum absolute atomic E-state index is 14.6. The van der Waals surface area contributed by atoms with Crippen molar-refractivity contribution in [3.05, 3.63) is 50.9 Å². The summed E-state index contributed by atoms with van der Waals surface area (Å²) in [7, 11) is 0. The Morgan fingerprint density at radius 2 is 1.37 bits per heavy atom. The first-order valence-corrected chi connectivity index (χ1v) is 7.11. The van der Waals surface area contributed by atoms with E-state index in [9.17, 15) is 26.3 Å². The average molecular weight is 381 g/mol. The van der Waals surface area contributed by atoms with E-state index in [0.717, 1.165) is 18.2 Å². The number of benzene rings is 1. The molecule has 0 saturated carbocycles. The molecule has 1 aromatic rings. The van der Waals surface area contributed by atoms with Crippen molar-refractivity contribution in [2.24, 2.45) is 0 Å². The zero-order chi connectivity index (χ0) is 20.9. The van der Waals surface area contributed by atoms with Crippen LogP contribution in [0.4, 0.5) is 26.3 Å². The Hall–Kier alpha value is -3.51. The van der Waals surface area contributed by atoms with Gasteiger partial charge in [0, 0.05) is 12.0 Å². The van der Waals surface area contributed by atoms with E-state index in [-0.39, 0.29) is 5.57 Å². The second-order valence-electron chi connectivity index (χ2n) is 5.12. The smallest absolute Gasteiger partial charge is 0.171 e. The highest BCUT2D eigenvalue weighted by Gasteiger charge is 2.26. The third-order valence-corrected chi connectivity index (χ3v) is 3.36. The molecule has 0 aromatic heterocycles. The lowest BCUT2D eigenvalue weighted by atomic mass is 10.0. The average Bonchev–Trinajstić information content (AvgIpc) is 2.64. The molecule has 0 saturated heterocycles. The zero-order valence-corrected chi connectivity index (χ0v) is 13.9. The van der Waals surface area contributed by atoms with Crippen LogP contribution in [0.5, 0.6) is 0 Å². The van der Waals surface area contributed by atoms with Gasteiger partial charge in [0.2, 0.25) is 0 Å². The number of nitriles is 3. The molecular weight excluding hydrogens is 372 g/mol. The van der Waals surface area contributed by atoms with E-state index in [4.69, 9.17) is 15.8 Å². The van der Waals surface area contributed by atoms with Crippen molar-refractivity contribution in [1.82, 2.24) is 0 Å². The lowest BCUT2D eigenvalue weighted by molar-refractivity contribution is 0.472. The quantitative estimate of drug-likeness (QED) is 0.453. The van der Waals surface area contributed by atoms with E-state index in [1.165, 1.54) is 6.92 Å². The molecule has 138 valence electrons. The Bertz CT molecular complexity index is 1090. The molecule has 0 bridgehead atoms. The van der Waals surface area contributed by atoms with Gasteiger partial charge in [-0.1, -0.05) is 6.08 Å². The van der Waals surface area contributed by atoms with Crippen molar-refractivity contribution in [3.63, 3.8) is 0 Å². The molecule has 1 rings (SSSR count). The van der Waals surface area contributed by atoms with E-state index in [1.807, 2.05) is 0 Å². The summed E-state index contributed by atoms with van der Waals surface area (Å²) in [5, 5.41) is 23.0. The summed E-state index contributed by atoms with van der Waals surface area (Å²) in [5.74, 6) is -11.5. The van der Waals surface area contributed by atoms with Crippen LogP contribution < -0.4 is 10.4 Å². The number of nitrogens with zero attached hydrogens (tertiary/aromatic N) is 3. The lowest BCUT2D eigenvalue weighted by Gasteiger charge is -2.08. The summed E-state index contributed by atoms with van der Waals surface area (Å²) in [6.07, 6.45) is 0.0816. The topological polar surface area (TPSA) is 71.4 Å². The third kappa shape index (κ3) is 4.19. The third-order valence-electron chi connectivity index (χ3n) is 3.36. The van der Waals surface area contributed by atoms with Crippen molar-refractivity contribution < 1.29 is 26.3 Å². The van der Waals surface area contributed by atoms with Crippen LogP contribution in [0.1, 0.15) is 25.8 Å². The van der Waals surface area contributed by atoms with Gasteiger partial charge in [-0.2, -0.15) is 15.8 Å². The Kier molecular flexibility index (Phi) is 6.96. The van der Waals surface area contributed by atoms with Gasteiger partial charge in [0.1, 0.15) is 35.2 Å². The molecule has 0 amide bonds. The number of rotatable bonds is 3. The van der Waals surface area contributed by atoms with Gasteiger partial charge < -0.3 is 0 Å². The normalized spacial score (nSPS) is 13.1. The first-order chi connectivity index (χ1) is 12.6. The van der Waals surface area contributed by atoms with Gasteiger partial charge in [-0.25, -0.2) is 26.3 Å². The molecular formula is C18H9F6N3. The van der Waals surface area contributed by atoms with Gasteiger partial charge in [-0.3, -0.25) is 0 Å². The monoisotopic (exact) mass is 381 g/mol. The van der Waals surface area contributed by atoms with Gasteiger partial charge in [-0.15, -0.1) is 0 Å². The predicted molar refractivity (Wildman–Crippen MR) is 83.5 cm³/mol. The van der Waals surface area contributed by atoms with Crippen molar-refractivity contribution >= 4 is 17.2 Å². The molecule has 0 spiro atoms. The van der Waals surface area contributed by atoms with Crippen LogP contribution in [0.2, 0.25) is 0 Å². The van der Waals surface area contributed by atoms with E-state index in [0.29, 0.717) is 6.92 Å². The fourth-order valence-corrected chi connectivity index (χ4v) is 2.06. The zero-order valence-electron chi connectivity index (χ0n) is 13.9. The fourth-order valence-electron chi connectivity index (χ4n) is 2.06. The van der Waals surface area contributed by atoms with Gasteiger partial charge >= 0.3 is 0 Å². The number of allylic oxidation sites excluding steroid dienone is 3. The Balaban J connectivity index is 4.16. The lowest BCUT2D eigenvalue weighted by Crippen LogP contribution is -2.30. The number of hydrogen-bond acceptors (Lipinski definition) is 3. The summed E-state index contributed by atoms with van der Waals surface area (Å²) in [4.78, 5) is 0. The summed E-state index contributed by atoms with van der Waals surface area (Å²) in [6.45, 7) is 1.83. The van der Waals surface area contributed by atoms with Crippen LogP contribution in [-0.2, 0) is 0 Å². The Labute approximate surface area is 149 Å². The minimum Gasteiger partial charge on any atom is -0.211 e. The van der Waals surface area contributed by atoms with Crippen LogP contribution in [0.15, 0.2) is 17.5 Å². The molecule has 0 aliphatic heterocycles. The van der Waals surface area contributed by atoms with Gasteiger partial charge in [0.15, 0.2) is 17.5 Å². The minimum absolute atomic E-state index is 0.0116. The summed E-state index contributed by atoms with van der Waals surface area (Å²) in [5.41, 5.74) is -2.86. The molecule has 9 heteroatoms. The molecule has 27 heavy (non-hydrogen) atoms. The molecule has 0 fully saturated rings. The van der Waals surface area contributed by atoms with Crippen molar-refractivity contribution in [3.8, 4) is 18.2 Å². The Morgan fingerprint density at radius 3 is 1.81 bits per heavy atom. The van der Waals surface area contributed by atoms with Crippen LogP contribution >= 0.6 is 0 Å². The molecule has 0 heterocycles. The largest absolute Gasteiger partial charge is 0.211 e. The molecule has 0 radical (unpaired) electrons. The predicted octanol–water partition coefficient (Wildman–Crippen LogP) is 3.87. The van der Waals surface area contributed by atoms with E-state index in [2.05, 4.69) is 0 Å². The van der Waals surface area contributed by atoms with Crippen molar-refractivity contribution in [2.75, 3.05) is 0 Å². The summed E-state index contributed by atoms with van der Waals surface area (Å²) in [6, 6.07) is 3.82. The second kappa shape index (κ2) is 8.73. The highest BCUT2D eigenvalue weighted by Crippen LogP contribution is 2.25. The number of hydrogen-bond donors (Lipinski definition) is 0. The standard InChI is InChI=1S/C18H9F6N3/c1-8(5-25)3-4-11(20)15(21)14-12(9(2)19)17(23)18(24)13(16(14)22)10(6-26)7-27/h3H,4H2,1-2H3/b8-3-,12-9-,15-11-. The van der Waals surface area contributed by atoms with Gasteiger partial charge in [0.25, 0.3) is 0 Å². The number of halogens is 6. The maximum atomic E-state index is 14.6. The van der Waals surface area contributed by atoms with Crippen LogP contribution in [0, 0.1) is 51.4 Å². The van der Waals surface area contributed by atoms with Crippen molar-refractivity contribution in [1.29, 1.82) is 15.8 Å². The molecule has 3 nitrogen and oxygen atoms in total. The summed E-state index contributed by atoms with van der Waals surface area (Å²) >= 11 is 0. The van der Waals surface area contributed by atoms with Gasteiger partial charge in [0.05, 0.1) is 22.1 Å². The first-order valence-electron chi connectivity index (χ1n) is 7.11. The SMILES string of the molecule is C/C(C#N)=C/C/C(F)=C(/F)c1c(F)c(=C(C#N)C#N)c(F)c(F)/c1=C(/C)F. The Morgan fingerprint density at radius 1 is 0.852 bits per heavy atom. The summed E-state index contributed by atoms with van der Waals surface area (Å²) < 4.78 is 85.0. The first kappa shape index (κ1) is 21.5. The van der Waals surface area contributed by atoms with Crippen LogP contribution in [0.25, 0.3) is 17.2 Å². The van der Waals surface area contributed by atoms with E-state index < -0.39 is 62.9 Å². The maximum Gasteiger partial charge on any atom is 0.171 e. The minimum atomic E-state index is -2.09. The van der Waals surface area contributed by atoms with E-state index >= 15 is 0 Å². The van der Waals surface area contributed by atoms with Crippen LogP contribution in [-0.4, -0.2) is 0 Å². The fraction of sp³-hybridized carbons (Fsp3) is 0.167. The van der Waals surface area contributed by atoms with Gasteiger partial charge in [-0.05, 0) is 13.8 Å². The highest BCUT2D eigenvalue weighted by atomic mass is 19.2. The van der Waals surface area contributed by atoms with Crippen LogP contribution in [0.3, 0.4) is 0 Å². The molecule has 0 atom stereocenters. The molecule has 0 N–H and O–H groups in total.